The number of thiazole rings is 1. The molecule has 2 aromatic heterocycles. The molecule has 0 aliphatic rings. The van der Waals surface area contributed by atoms with Gasteiger partial charge in [-0.05, 0) is 48.6 Å². The Morgan fingerprint density at radius 1 is 1.35 bits per heavy atom. The van der Waals surface area contributed by atoms with Crippen LogP contribution in [0.25, 0.3) is 0 Å². The van der Waals surface area contributed by atoms with E-state index in [-0.39, 0.29) is 17.5 Å². The minimum atomic E-state index is -0.386. The number of nitrogens with zero attached hydrogens (tertiary/aromatic N) is 1. The summed E-state index contributed by atoms with van der Waals surface area (Å²) in [4.78, 5) is 12.6. The lowest BCUT2D eigenvalue weighted by Gasteiger charge is -2.06. The molecule has 23 heavy (non-hydrogen) atoms. The topological polar surface area (TPSA) is 73.2 Å². The summed E-state index contributed by atoms with van der Waals surface area (Å²) in [6.07, 6.45) is 1.56. The van der Waals surface area contributed by atoms with E-state index in [1.54, 1.807) is 23.0 Å². The highest BCUT2D eigenvalue weighted by Crippen LogP contribution is 2.24. The van der Waals surface area contributed by atoms with Crippen LogP contribution in [0, 0.1) is 9.77 Å². The summed E-state index contributed by atoms with van der Waals surface area (Å²) in [5.41, 5.74) is 6.52. The zero-order chi connectivity index (χ0) is 16.4. The molecule has 3 N–H and O–H groups in total. The van der Waals surface area contributed by atoms with Gasteiger partial charge in [0.05, 0.1) is 12.8 Å². The third kappa shape index (κ3) is 3.33. The maximum Gasteiger partial charge on any atom is 0.269 e. The Morgan fingerprint density at radius 2 is 2.09 bits per heavy atom. The Labute approximate surface area is 140 Å². The number of hydrogen-bond acceptors (Lipinski definition) is 5. The van der Waals surface area contributed by atoms with Crippen molar-refractivity contribution >= 4 is 41.0 Å². The van der Waals surface area contributed by atoms with Crippen molar-refractivity contribution in [1.29, 1.82) is 0 Å². The highest BCUT2D eigenvalue weighted by molar-refractivity contribution is 7.73. The molecule has 0 fully saturated rings. The number of hydrogen-bond donors (Lipinski definition) is 2. The van der Waals surface area contributed by atoms with Crippen molar-refractivity contribution in [3.05, 3.63) is 63.1 Å². The predicted octanol–water partition coefficient (Wildman–Crippen LogP) is 3.89. The highest BCUT2D eigenvalue weighted by atomic mass is 32.1. The van der Waals surface area contributed by atoms with Crippen LogP contribution >= 0.6 is 23.6 Å². The summed E-state index contributed by atoms with van der Waals surface area (Å²) in [6.45, 7) is 0.359. The number of carbonyl (C=O) groups excluding carboxylic acids is 1. The zero-order valence-electron chi connectivity index (χ0n) is 11.8. The van der Waals surface area contributed by atoms with E-state index in [1.165, 1.54) is 24.3 Å². The van der Waals surface area contributed by atoms with Crippen LogP contribution in [-0.4, -0.2) is 10.5 Å². The van der Waals surface area contributed by atoms with Gasteiger partial charge in [0.1, 0.15) is 22.3 Å². The van der Waals surface area contributed by atoms with Crippen molar-refractivity contribution in [1.82, 2.24) is 4.57 Å². The Bertz CT molecular complexity index is 883. The molecule has 0 radical (unpaired) electrons. The monoisotopic (exact) mass is 349 g/mol. The second-order valence-corrected chi connectivity index (χ2v) is 6.35. The van der Waals surface area contributed by atoms with Crippen LogP contribution in [0.1, 0.15) is 15.4 Å². The normalized spacial score (nSPS) is 10.7. The fourth-order valence-electron chi connectivity index (χ4n) is 2.01. The van der Waals surface area contributed by atoms with Gasteiger partial charge in [-0.25, -0.2) is 4.39 Å². The van der Waals surface area contributed by atoms with E-state index in [4.69, 9.17) is 22.4 Å². The first kappa shape index (κ1) is 15.4. The lowest BCUT2D eigenvalue weighted by Crippen LogP contribution is -2.14. The van der Waals surface area contributed by atoms with Gasteiger partial charge in [-0.15, -0.1) is 0 Å². The van der Waals surface area contributed by atoms with E-state index in [9.17, 15) is 9.18 Å². The molecule has 0 spiro atoms. The number of nitrogens with one attached hydrogen (secondary N) is 1. The number of carbonyl (C=O) groups is 1. The lowest BCUT2D eigenvalue weighted by atomic mass is 10.3. The summed E-state index contributed by atoms with van der Waals surface area (Å²) in [5.74, 6) is 0.207. The third-order valence-electron chi connectivity index (χ3n) is 3.14. The average molecular weight is 349 g/mol. The fraction of sp³-hybridized carbons (Fsp3) is 0.0667. The second-order valence-electron chi connectivity index (χ2n) is 4.71. The van der Waals surface area contributed by atoms with Crippen LogP contribution in [0.15, 0.2) is 47.1 Å². The van der Waals surface area contributed by atoms with E-state index in [0.29, 0.717) is 26.8 Å². The van der Waals surface area contributed by atoms with Crippen molar-refractivity contribution in [2.45, 2.75) is 6.54 Å². The first-order valence-corrected chi connectivity index (χ1v) is 7.85. The second kappa shape index (κ2) is 6.35. The van der Waals surface area contributed by atoms with E-state index in [0.717, 1.165) is 11.3 Å². The number of furan rings is 1. The molecule has 0 aliphatic heterocycles. The first-order chi connectivity index (χ1) is 11.0. The van der Waals surface area contributed by atoms with Gasteiger partial charge < -0.3 is 20.0 Å². The van der Waals surface area contributed by atoms with Crippen molar-refractivity contribution < 1.29 is 13.6 Å². The van der Waals surface area contributed by atoms with E-state index < -0.39 is 0 Å². The Kier molecular flexibility index (Phi) is 4.26. The van der Waals surface area contributed by atoms with Crippen molar-refractivity contribution in [3.63, 3.8) is 0 Å². The molecule has 0 bridgehead atoms. The number of nitrogens with two attached hydrogens (primary N) is 1. The van der Waals surface area contributed by atoms with E-state index >= 15 is 0 Å². The number of nitrogen functional groups attached to an aromatic ring is 1. The molecule has 0 saturated carbocycles. The van der Waals surface area contributed by atoms with Crippen LogP contribution in [0.5, 0.6) is 0 Å². The number of benzene rings is 1. The van der Waals surface area contributed by atoms with Gasteiger partial charge in [0, 0.05) is 5.69 Å². The summed E-state index contributed by atoms with van der Waals surface area (Å²) in [5, 5.41) is 2.67. The van der Waals surface area contributed by atoms with E-state index in [1.807, 2.05) is 0 Å². The summed E-state index contributed by atoms with van der Waals surface area (Å²) >= 11 is 6.38. The molecule has 0 saturated heterocycles. The van der Waals surface area contributed by atoms with Crippen LogP contribution < -0.4 is 11.1 Å². The van der Waals surface area contributed by atoms with Gasteiger partial charge in [0.25, 0.3) is 5.91 Å². The third-order valence-corrected chi connectivity index (χ3v) is 4.60. The highest BCUT2D eigenvalue weighted by Gasteiger charge is 2.18. The molecule has 1 amide bonds. The molecule has 3 rings (SSSR count). The van der Waals surface area contributed by atoms with Gasteiger partial charge in [0.15, 0.2) is 3.95 Å². The van der Waals surface area contributed by atoms with Crippen LogP contribution in [0.2, 0.25) is 0 Å². The van der Waals surface area contributed by atoms with Gasteiger partial charge in [0.2, 0.25) is 0 Å². The molecular formula is C15H12FN3O2S2. The molecule has 0 atom stereocenters. The molecular weight excluding hydrogens is 337 g/mol. The van der Waals surface area contributed by atoms with Gasteiger partial charge >= 0.3 is 0 Å². The molecule has 3 aromatic rings. The number of rotatable bonds is 4. The van der Waals surface area contributed by atoms with Crippen molar-refractivity contribution in [3.8, 4) is 0 Å². The van der Waals surface area contributed by atoms with Crippen molar-refractivity contribution in [2.24, 2.45) is 0 Å². The number of amides is 1. The minimum absolute atomic E-state index is 0.274. The zero-order valence-corrected chi connectivity index (χ0v) is 13.4. The van der Waals surface area contributed by atoms with Gasteiger partial charge in [-0.3, -0.25) is 4.79 Å². The maximum absolute atomic E-state index is 12.9. The number of aromatic nitrogens is 1. The van der Waals surface area contributed by atoms with E-state index in [2.05, 4.69) is 5.32 Å². The summed E-state index contributed by atoms with van der Waals surface area (Å²) < 4.78 is 20.3. The van der Waals surface area contributed by atoms with Crippen LogP contribution in [0.4, 0.5) is 15.9 Å². The Hall–Kier alpha value is -2.45. The SMILES string of the molecule is Nc1c(C(=O)Nc2ccc(F)cc2)sc(=S)n1Cc1ccco1. The molecule has 0 unspecified atom stereocenters. The number of halogens is 1. The largest absolute Gasteiger partial charge is 0.467 e. The molecule has 1 aromatic carbocycles. The summed E-state index contributed by atoms with van der Waals surface area (Å²) in [6, 6.07) is 9.05. The predicted molar refractivity (Wildman–Crippen MR) is 89.7 cm³/mol. The molecule has 2 heterocycles. The maximum atomic E-state index is 12.9. The lowest BCUT2D eigenvalue weighted by molar-refractivity contribution is 0.103. The first-order valence-electron chi connectivity index (χ1n) is 6.63. The molecule has 118 valence electrons. The molecule has 5 nitrogen and oxygen atoms in total. The number of anilines is 2. The fourth-order valence-corrected chi connectivity index (χ4v) is 3.23. The standard InChI is InChI=1S/C15H12FN3O2S2/c16-9-3-5-10(6-4-9)18-14(20)12-13(17)19(15(22)23-12)8-11-2-1-7-21-11/h1-7H,8,17H2,(H,18,20). The van der Waals surface area contributed by atoms with Crippen LogP contribution in [0.3, 0.4) is 0 Å². The van der Waals surface area contributed by atoms with Gasteiger partial charge in [-0.1, -0.05) is 11.3 Å². The van der Waals surface area contributed by atoms with Gasteiger partial charge in [-0.2, -0.15) is 0 Å². The molecule has 8 heteroatoms. The summed E-state index contributed by atoms with van der Waals surface area (Å²) in [7, 11) is 0. The van der Waals surface area contributed by atoms with Crippen LogP contribution in [-0.2, 0) is 6.54 Å². The Balaban J connectivity index is 1.84. The molecule has 0 aliphatic carbocycles. The Morgan fingerprint density at radius 3 is 2.74 bits per heavy atom. The quantitative estimate of drug-likeness (QED) is 0.701. The average Bonchev–Trinajstić information content (AvgIpc) is 3.13. The smallest absolute Gasteiger partial charge is 0.269 e. The minimum Gasteiger partial charge on any atom is -0.467 e. The van der Waals surface area contributed by atoms with Crippen molar-refractivity contribution in [2.75, 3.05) is 11.1 Å².